The molecule has 1 aliphatic rings. The molecule has 7 heteroatoms. The van der Waals surface area contributed by atoms with Gasteiger partial charge in [0, 0.05) is 15.0 Å². The minimum absolute atomic E-state index is 0.221. The van der Waals surface area contributed by atoms with Gasteiger partial charge in [0.2, 0.25) is 0 Å². The summed E-state index contributed by atoms with van der Waals surface area (Å²) in [6.07, 6.45) is 2.55. The van der Waals surface area contributed by atoms with Gasteiger partial charge in [0.15, 0.2) is 0 Å². The topological polar surface area (TPSA) is 55.4 Å². The van der Waals surface area contributed by atoms with Crippen LogP contribution in [0.3, 0.4) is 0 Å². The molecule has 0 unspecified atom stereocenters. The Morgan fingerprint density at radius 1 is 1.24 bits per heavy atom. The van der Waals surface area contributed by atoms with Gasteiger partial charge in [-0.1, -0.05) is 36.7 Å². The summed E-state index contributed by atoms with van der Waals surface area (Å²) in [6.45, 7) is 5.87. The maximum absolute atomic E-state index is 13.0. The number of fused-ring (bicyclic) bond motifs is 2. The van der Waals surface area contributed by atoms with Crippen molar-refractivity contribution in [2.45, 2.75) is 46.1 Å². The van der Waals surface area contributed by atoms with Crippen LogP contribution in [-0.4, -0.2) is 18.0 Å². The van der Waals surface area contributed by atoms with Crippen LogP contribution in [0, 0.1) is 5.92 Å². The Labute approximate surface area is 182 Å². The maximum atomic E-state index is 13.0. The van der Waals surface area contributed by atoms with Crippen molar-refractivity contribution >= 4 is 61.2 Å². The van der Waals surface area contributed by atoms with E-state index in [0.717, 1.165) is 39.8 Å². The van der Waals surface area contributed by atoms with Crippen LogP contribution in [0.4, 0.5) is 5.00 Å². The number of rotatable bonds is 4. The van der Waals surface area contributed by atoms with E-state index in [0.29, 0.717) is 26.4 Å². The zero-order valence-corrected chi connectivity index (χ0v) is 18.9. The summed E-state index contributed by atoms with van der Waals surface area (Å²) in [5.74, 6) is -0.0954. The molecule has 1 N–H and O–H groups in total. The highest BCUT2D eigenvalue weighted by Gasteiger charge is 2.30. The van der Waals surface area contributed by atoms with Crippen LogP contribution >= 0.6 is 34.3 Å². The Hall–Kier alpha value is -1.89. The van der Waals surface area contributed by atoms with Gasteiger partial charge in [-0.3, -0.25) is 4.79 Å². The summed E-state index contributed by atoms with van der Waals surface area (Å²) in [6, 6.07) is 7.67. The second kappa shape index (κ2) is 8.09. The molecular weight excluding hydrogens is 426 g/mol. The second-order valence-electron chi connectivity index (χ2n) is 7.71. The molecule has 1 amide bonds. The van der Waals surface area contributed by atoms with Gasteiger partial charge in [0.1, 0.15) is 9.88 Å². The van der Waals surface area contributed by atoms with Gasteiger partial charge in [-0.05, 0) is 50.7 Å². The number of carbonyl (C=O) groups is 2. The molecule has 3 aromatic rings. The highest BCUT2D eigenvalue weighted by molar-refractivity contribution is 7.22. The van der Waals surface area contributed by atoms with E-state index < -0.39 is 0 Å². The van der Waals surface area contributed by atoms with Gasteiger partial charge in [-0.2, -0.15) is 0 Å². The highest BCUT2D eigenvalue weighted by Crippen LogP contribution is 2.41. The Kier molecular flexibility index (Phi) is 5.69. The third-order valence-corrected chi connectivity index (χ3v) is 7.87. The van der Waals surface area contributed by atoms with Crippen LogP contribution in [0.2, 0.25) is 5.02 Å². The van der Waals surface area contributed by atoms with Crippen molar-refractivity contribution in [3.63, 3.8) is 0 Å². The first-order valence-electron chi connectivity index (χ1n) is 9.69. The number of hydrogen-bond acceptors (Lipinski definition) is 5. The van der Waals surface area contributed by atoms with Crippen LogP contribution in [0.15, 0.2) is 24.3 Å². The largest absolute Gasteiger partial charge is 0.459 e. The molecular formula is C22H22ClNO3S2. The molecule has 152 valence electrons. The van der Waals surface area contributed by atoms with Crippen LogP contribution in [-0.2, 0) is 17.6 Å². The fourth-order valence-corrected chi connectivity index (χ4v) is 6.45. The number of hydrogen-bond donors (Lipinski definition) is 1. The molecule has 0 radical (unpaired) electrons. The molecule has 0 saturated heterocycles. The normalized spacial score (nSPS) is 16.1. The fraction of sp³-hybridized carbons (Fsp3) is 0.364. The molecule has 2 aromatic heterocycles. The monoisotopic (exact) mass is 447 g/mol. The van der Waals surface area contributed by atoms with Gasteiger partial charge < -0.3 is 10.1 Å². The lowest BCUT2D eigenvalue weighted by Crippen LogP contribution is -2.18. The zero-order valence-electron chi connectivity index (χ0n) is 16.5. The van der Waals surface area contributed by atoms with Crippen molar-refractivity contribution in [1.29, 1.82) is 0 Å². The molecule has 0 fully saturated rings. The average Bonchev–Trinajstić information content (AvgIpc) is 3.18. The molecule has 29 heavy (non-hydrogen) atoms. The number of amides is 1. The molecule has 4 nitrogen and oxygen atoms in total. The molecule has 1 aromatic carbocycles. The van der Waals surface area contributed by atoms with E-state index in [-0.39, 0.29) is 18.0 Å². The molecule has 1 aliphatic carbocycles. The number of carbonyl (C=O) groups excluding carboxylic acids is 2. The third kappa shape index (κ3) is 3.93. The number of nitrogens with one attached hydrogen (secondary N) is 1. The molecule has 0 saturated carbocycles. The lowest BCUT2D eigenvalue weighted by atomic mass is 9.88. The summed E-state index contributed by atoms with van der Waals surface area (Å²) in [7, 11) is 0. The van der Waals surface area contributed by atoms with Crippen molar-refractivity contribution in [2.75, 3.05) is 5.32 Å². The number of anilines is 1. The van der Waals surface area contributed by atoms with Crippen LogP contribution in [0.5, 0.6) is 0 Å². The zero-order chi connectivity index (χ0) is 20.7. The number of halogens is 1. The van der Waals surface area contributed by atoms with Crippen molar-refractivity contribution in [3.05, 3.63) is 50.2 Å². The SMILES string of the molecule is CC(C)OC(=O)c1c(NC(=O)c2sc3ccccc3c2Cl)sc2c1CC[C@H](C)C2. The molecule has 2 heterocycles. The first-order chi connectivity index (χ1) is 13.8. The number of thiophene rings is 2. The van der Waals surface area contributed by atoms with Crippen LogP contribution in [0.1, 0.15) is 57.7 Å². The third-order valence-electron chi connectivity index (χ3n) is 5.03. The minimum Gasteiger partial charge on any atom is -0.459 e. The standard InChI is InChI=1S/C22H22ClNO3S2/c1-11(2)27-22(26)17-13-9-8-12(3)10-16(13)29-21(17)24-20(25)19-18(23)14-6-4-5-7-15(14)28-19/h4-7,11-12H,8-10H2,1-3H3,(H,24,25)/t12-/m0/s1. The van der Waals surface area contributed by atoms with E-state index in [2.05, 4.69) is 12.2 Å². The molecule has 1 atom stereocenters. The first kappa shape index (κ1) is 20.4. The maximum Gasteiger partial charge on any atom is 0.341 e. The first-order valence-corrected chi connectivity index (χ1v) is 11.7. The van der Waals surface area contributed by atoms with Crippen molar-refractivity contribution in [3.8, 4) is 0 Å². The Morgan fingerprint density at radius 2 is 2.00 bits per heavy atom. The average molecular weight is 448 g/mol. The predicted molar refractivity (Wildman–Crippen MR) is 121 cm³/mol. The van der Waals surface area contributed by atoms with Crippen LogP contribution in [0.25, 0.3) is 10.1 Å². The van der Waals surface area contributed by atoms with Gasteiger partial charge in [-0.15, -0.1) is 22.7 Å². The summed E-state index contributed by atoms with van der Waals surface area (Å²) < 4.78 is 6.44. The smallest absolute Gasteiger partial charge is 0.341 e. The van der Waals surface area contributed by atoms with Crippen molar-refractivity contribution in [1.82, 2.24) is 0 Å². The summed E-state index contributed by atoms with van der Waals surface area (Å²) in [5, 5.41) is 4.84. The highest BCUT2D eigenvalue weighted by atomic mass is 35.5. The molecule has 0 aliphatic heterocycles. The Morgan fingerprint density at radius 3 is 2.72 bits per heavy atom. The quantitative estimate of drug-likeness (QED) is 0.461. The summed E-state index contributed by atoms with van der Waals surface area (Å²) in [5.41, 5.74) is 1.53. The van der Waals surface area contributed by atoms with E-state index >= 15 is 0 Å². The lowest BCUT2D eigenvalue weighted by Gasteiger charge is -2.18. The van der Waals surface area contributed by atoms with Gasteiger partial charge in [0.25, 0.3) is 5.91 Å². The van der Waals surface area contributed by atoms with Crippen LogP contribution < -0.4 is 5.32 Å². The fourth-order valence-electron chi connectivity index (χ4n) is 3.65. The number of ether oxygens (including phenoxy) is 1. The lowest BCUT2D eigenvalue weighted by molar-refractivity contribution is 0.0378. The molecule has 4 rings (SSSR count). The van der Waals surface area contributed by atoms with Gasteiger partial charge in [0.05, 0.1) is 16.7 Å². The van der Waals surface area contributed by atoms with E-state index in [1.165, 1.54) is 22.7 Å². The van der Waals surface area contributed by atoms with Crippen molar-refractivity contribution < 1.29 is 14.3 Å². The van der Waals surface area contributed by atoms with Crippen molar-refractivity contribution in [2.24, 2.45) is 5.92 Å². The number of esters is 1. The van der Waals surface area contributed by atoms with E-state index in [4.69, 9.17) is 16.3 Å². The summed E-state index contributed by atoms with van der Waals surface area (Å²) >= 11 is 9.31. The molecule has 0 bridgehead atoms. The van der Waals surface area contributed by atoms with E-state index in [9.17, 15) is 9.59 Å². The van der Waals surface area contributed by atoms with Gasteiger partial charge >= 0.3 is 5.97 Å². The minimum atomic E-state index is -0.371. The van der Waals surface area contributed by atoms with Gasteiger partial charge in [-0.25, -0.2) is 4.79 Å². The Balaban J connectivity index is 1.71. The second-order valence-corrected chi connectivity index (χ2v) is 10.2. The number of benzene rings is 1. The predicted octanol–water partition coefficient (Wildman–Crippen LogP) is 6.56. The van der Waals surface area contributed by atoms with E-state index in [1.807, 2.05) is 38.1 Å². The van der Waals surface area contributed by atoms with E-state index in [1.54, 1.807) is 0 Å². The summed E-state index contributed by atoms with van der Waals surface area (Å²) in [4.78, 5) is 27.5. The molecule has 0 spiro atoms. The Bertz CT molecular complexity index is 1100.